The van der Waals surface area contributed by atoms with Crippen molar-refractivity contribution in [2.45, 2.75) is 103 Å². The number of nitrogens with one attached hydrogen (secondary N) is 6. The second-order valence-corrected chi connectivity index (χ2v) is 16.6. The van der Waals surface area contributed by atoms with Gasteiger partial charge in [-0.25, -0.2) is 0 Å². The number of carbonyl (C=O) groups is 7. The zero-order chi connectivity index (χ0) is 43.5. The Morgan fingerprint density at radius 1 is 0.800 bits per heavy atom. The number of aromatic nitrogens is 1. The summed E-state index contributed by atoms with van der Waals surface area (Å²) in [6, 6.07) is 9.41. The maximum atomic E-state index is 14.4. The molecule has 7 amide bonds. The molecule has 6 N–H and O–H groups in total. The number of benzene rings is 2. The molecule has 2 aromatic carbocycles. The molecule has 16 heteroatoms. The zero-order valence-electron chi connectivity index (χ0n) is 35.5. The molecule has 0 bridgehead atoms. The van der Waals surface area contributed by atoms with Crippen LogP contribution in [0.15, 0.2) is 54.7 Å². The van der Waals surface area contributed by atoms with Crippen molar-refractivity contribution in [3.63, 3.8) is 0 Å². The van der Waals surface area contributed by atoms with E-state index >= 15 is 0 Å². The monoisotopic (exact) mass is 828 g/mol. The molecule has 16 nitrogen and oxygen atoms in total. The van der Waals surface area contributed by atoms with Crippen LogP contribution in [0.1, 0.15) is 71.4 Å². The molecule has 0 aliphatic carbocycles. The van der Waals surface area contributed by atoms with Crippen LogP contribution in [0.3, 0.4) is 0 Å². The van der Waals surface area contributed by atoms with Crippen LogP contribution in [-0.2, 0) is 46.4 Å². The van der Waals surface area contributed by atoms with Crippen molar-refractivity contribution < 1.29 is 38.3 Å². The fourth-order valence-corrected chi connectivity index (χ4v) is 7.53. The average Bonchev–Trinajstić information content (AvgIpc) is 3.82. The molecule has 2 saturated heterocycles. The number of ether oxygens (including phenoxy) is 1. The molecule has 2 aliphatic rings. The van der Waals surface area contributed by atoms with E-state index in [1.54, 1.807) is 42.5 Å². The van der Waals surface area contributed by atoms with Gasteiger partial charge in [-0.1, -0.05) is 58.0 Å². The predicted octanol–water partition coefficient (Wildman–Crippen LogP) is 1.96. The Kier molecular flexibility index (Phi) is 15.7. The summed E-state index contributed by atoms with van der Waals surface area (Å²) in [5.74, 6) is -3.13. The number of methoxy groups -OCH3 is 1. The van der Waals surface area contributed by atoms with Crippen LogP contribution in [0, 0.1) is 11.8 Å². The first-order valence-electron chi connectivity index (χ1n) is 20.9. The van der Waals surface area contributed by atoms with Crippen molar-refractivity contribution >= 4 is 52.3 Å². The summed E-state index contributed by atoms with van der Waals surface area (Å²) in [4.78, 5) is 103. The van der Waals surface area contributed by atoms with Gasteiger partial charge in [0.25, 0.3) is 0 Å². The quantitative estimate of drug-likeness (QED) is 0.168. The number of carbonyl (C=O) groups excluding carboxylic acids is 7. The van der Waals surface area contributed by atoms with Crippen molar-refractivity contribution in [2.24, 2.45) is 11.8 Å². The molecule has 0 spiro atoms. The van der Waals surface area contributed by atoms with Gasteiger partial charge in [0.2, 0.25) is 41.4 Å². The van der Waals surface area contributed by atoms with E-state index in [1.807, 2.05) is 52.0 Å². The number of rotatable bonds is 11. The van der Waals surface area contributed by atoms with E-state index in [2.05, 4.69) is 31.6 Å². The number of aromatic amines is 1. The van der Waals surface area contributed by atoms with Gasteiger partial charge >= 0.3 is 0 Å². The SMILES string of the molecule is COc1ccc(C[C@@H]2NC(=O)[C@H](CC(C)C)NC(=O)[C@@H](Cc3c[nH]c4ccccc34)NC(=O)CN(C(=O)CCN3CCCC3=O)C[C@H](C(C)C)NC(=O)[C@@H](C)NC2=O)cc1. The lowest BCUT2D eigenvalue weighted by molar-refractivity contribution is -0.139. The Hall–Kier alpha value is -5.93. The number of nitrogens with zero attached hydrogens (tertiary/aromatic N) is 2. The minimum Gasteiger partial charge on any atom is -0.497 e. The van der Waals surface area contributed by atoms with Gasteiger partial charge < -0.3 is 46.1 Å². The lowest BCUT2D eigenvalue weighted by atomic mass is 9.99. The molecule has 2 fully saturated rings. The van der Waals surface area contributed by atoms with Gasteiger partial charge in [-0.3, -0.25) is 33.6 Å². The number of para-hydroxylation sites is 1. The third kappa shape index (κ3) is 12.3. The van der Waals surface area contributed by atoms with Crippen LogP contribution in [0.2, 0.25) is 0 Å². The molecule has 2 aliphatic heterocycles. The molecule has 324 valence electrons. The summed E-state index contributed by atoms with van der Waals surface area (Å²) in [5, 5.41) is 15.1. The molecule has 5 rings (SSSR count). The first-order valence-corrected chi connectivity index (χ1v) is 20.9. The summed E-state index contributed by atoms with van der Waals surface area (Å²) in [6.07, 6.45) is 3.16. The highest BCUT2D eigenvalue weighted by atomic mass is 16.5. The number of H-pyrrole nitrogens is 1. The lowest BCUT2D eigenvalue weighted by Crippen LogP contribution is -2.60. The number of hydrogen-bond donors (Lipinski definition) is 6. The molecule has 60 heavy (non-hydrogen) atoms. The van der Waals surface area contributed by atoms with Crippen molar-refractivity contribution in [3.8, 4) is 5.75 Å². The highest BCUT2D eigenvalue weighted by Crippen LogP contribution is 2.20. The first-order chi connectivity index (χ1) is 28.6. The normalized spacial score (nSPS) is 22.8. The second-order valence-electron chi connectivity index (χ2n) is 16.6. The zero-order valence-corrected chi connectivity index (χ0v) is 35.5. The molecule has 1 aromatic heterocycles. The Balaban J connectivity index is 1.51. The largest absolute Gasteiger partial charge is 0.497 e. The van der Waals surface area contributed by atoms with Crippen LogP contribution in [-0.4, -0.2) is 120 Å². The van der Waals surface area contributed by atoms with Crippen LogP contribution < -0.4 is 31.3 Å². The van der Waals surface area contributed by atoms with E-state index in [4.69, 9.17) is 4.74 Å². The smallest absolute Gasteiger partial charge is 0.243 e. The minimum atomic E-state index is -1.18. The minimum absolute atomic E-state index is 0.0366. The van der Waals surface area contributed by atoms with Crippen molar-refractivity contribution in [3.05, 3.63) is 65.9 Å². The standard InChI is InChI=1S/C44H60N8O8/c1-26(2)20-34-43(58)49-35(21-29-13-15-31(60-6)16-14-29)42(57)46-28(5)41(56)50-37(27(3)4)24-52(40(55)17-19-51-18-9-12-39(51)54)25-38(53)47-36(44(59)48-34)22-30-23-45-33-11-8-7-10-32(30)33/h7-8,10-11,13-16,23,26-28,34-37,45H,9,12,17-22,24-25H2,1-6H3,(H,46,57)(H,47,53)(H,48,59)(H,49,58)(H,50,56)/t28-,34+,35+,36-,37-/m1/s1. The number of fused-ring (bicyclic) bond motifs is 1. The van der Waals surface area contributed by atoms with Crippen molar-refractivity contribution in [2.75, 3.05) is 33.3 Å². The van der Waals surface area contributed by atoms with Gasteiger partial charge in [-0.05, 0) is 60.9 Å². The van der Waals surface area contributed by atoms with Crippen LogP contribution in [0.5, 0.6) is 5.75 Å². The van der Waals surface area contributed by atoms with Gasteiger partial charge in [0.15, 0.2) is 0 Å². The molecule has 3 aromatic rings. The van der Waals surface area contributed by atoms with Gasteiger partial charge in [0.1, 0.15) is 29.9 Å². The van der Waals surface area contributed by atoms with E-state index in [-0.39, 0.29) is 56.5 Å². The van der Waals surface area contributed by atoms with E-state index in [1.165, 1.54) is 11.8 Å². The van der Waals surface area contributed by atoms with Crippen LogP contribution in [0.25, 0.3) is 10.9 Å². The number of hydrogen-bond acceptors (Lipinski definition) is 8. The van der Waals surface area contributed by atoms with E-state index in [0.717, 1.165) is 16.5 Å². The van der Waals surface area contributed by atoms with Gasteiger partial charge in [-0.15, -0.1) is 0 Å². The second kappa shape index (κ2) is 20.9. The number of amides is 7. The molecular weight excluding hydrogens is 769 g/mol. The van der Waals surface area contributed by atoms with Crippen molar-refractivity contribution in [1.29, 1.82) is 0 Å². The predicted molar refractivity (Wildman–Crippen MR) is 225 cm³/mol. The Bertz CT molecular complexity index is 2010. The fraction of sp³-hybridized carbons (Fsp3) is 0.523. The Morgan fingerprint density at radius 2 is 1.47 bits per heavy atom. The molecule has 0 saturated carbocycles. The van der Waals surface area contributed by atoms with Gasteiger partial charge in [-0.2, -0.15) is 0 Å². The highest BCUT2D eigenvalue weighted by Gasteiger charge is 2.34. The Morgan fingerprint density at radius 3 is 2.13 bits per heavy atom. The lowest BCUT2D eigenvalue weighted by Gasteiger charge is -2.32. The van der Waals surface area contributed by atoms with E-state index < -0.39 is 72.2 Å². The maximum absolute atomic E-state index is 14.4. The maximum Gasteiger partial charge on any atom is 0.243 e. The first kappa shape index (κ1) is 45.2. The van der Waals surface area contributed by atoms with Crippen LogP contribution >= 0.6 is 0 Å². The van der Waals surface area contributed by atoms with Gasteiger partial charge in [0, 0.05) is 68.5 Å². The van der Waals surface area contributed by atoms with E-state index in [9.17, 15) is 33.6 Å². The third-order valence-electron chi connectivity index (χ3n) is 11.1. The molecular formula is C44H60N8O8. The highest BCUT2D eigenvalue weighted by molar-refractivity contribution is 5.96. The fourth-order valence-electron chi connectivity index (χ4n) is 7.53. The number of likely N-dealkylation sites (tertiary alicyclic amines) is 1. The summed E-state index contributed by atoms with van der Waals surface area (Å²) >= 11 is 0. The average molecular weight is 829 g/mol. The molecule has 0 radical (unpaired) electrons. The van der Waals surface area contributed by atoms with Crippen molar-refractivity contribution in [1.82, 2.24) is 41.4 Å². The topological polar surface area (TPSA) is 211 Å². The third-order valence-corrected chi connectivity index (χ3v) is 11.1. The summed E-state index contributed by atoms with van der Waals surface area (Å²) in [7, 11) is 1.54. The molecule has 0 unspecified atom stereocenters. The molecule has 3 heterocycles. The summed E-state index contributed by atoms with van der Waals surface area (Å²) < 4.78 is 5.29. The summed E-state index contributed by atoms with van der Waals surface area (Å²) in [6.45, 7) is 9.26. The Labute approximate surface area is 351 Å². The van der Waals surface area contributed by atoms with Gasteiger partial charge in [0.05, 0.1) is 13.7 Å². The summed E-state index contributed by atoms with van der Waals surface area (Å²) in [5.41, 5.74) is 2.29. The van der Waals surface area contributed by atoms with Crippen LogP contribution in [0.4, 0.5) is 0 Å². The molecule has 5 atom stereocenters. The van der Waals surface area contributed by atoms with E-state index in [0.29, 0.717) is 30.7 Å².